The second kappa shape index (κ2) is 5.91. The van der Waals surface area contributed by atoms with Crippen molar-refractivity contribution in [2.45, 2.75) is 57.7 Å². The molecule has 0 unspecified atom stereocenters. The number of anilines is 1. The summed E-state index contributed by atoms with van der Waals surface area (Å²) in [5.74, 6) is 0.326. The highest BCUT2D eigenvalue weighted by molar-refractivity contribution is 5.46. The molecule has 8 heteroatoms. The monoisotopic (exact) mass is 336 g/mol. The van der Waals surface area contributed by atoms with Gasteiger partial charge in [0.2, 0.25) is 5.82 Å². The molecule has 2 aliphatic rings. The highest BCUT2D eigenvalue weighted by atomic mass is 19.3. The number of alkyl halides is 2. The molecule has 0 N–H and O–H groups in total. The van der Waals surface area contributed by atoms with Gasteiger partial charge in [-0.2, -0.15) is 4.52 Å². The van der Waals surface area contributed by atoms with Crippen molar-refractivity contribution >= 4 is 11.5 Å². The van der Waals surface area contributed by atoms with E-state index in [2.05, 4.69) is 38.9 Å². The molecule has 4 rings (SSSR count). The molecule has 0 aromatic carbocycles. The summed E-state index contributed by atoms with van der Waals surface area (Å²) in [6, 6.07) is 5.23. The molecule has 0 radical (unpaired) electrons. The quantitative estimate of drug-likeness (QED) is 0.862. The van der Waals surface area contributed by atoms with Crippen molar-refractivity contribution in [3.63, 3.8) is 0 Å². The highest BCUT2D eigenvalue weighted by Crippen LogP contribution is 2.33. The van der Waals surface area contributed by atoms with Crippen LogP contribution in [0.3, 0.4) is 0 Å². The minimum absolute atomic E-state index is 0.356. The zero-order valence-electron chi connectivity index (χ0n) is 13.9. The fourth-order valence-electron chi connectivity index (χ4n) is 4.26. The van der Waals surface area contributed by atoms with Gasteiger partial charge in [-0.3, -0.25) is 4.90 Å². The summed E-state index contributed by atoms with van der Waals surface area (Å²) in [4.78, 5) is 4.83. The Morgan fingerprint density at radius 1 is 1.08 bits per heavy atom. The van der Waals surface area contributed by atoms with Crippen molar-refractivity contribution in [2.75, 3.05) is 18.0 Å². The highest BCUT2D eigenvalue weighted by Gasteiger charge is 2.38. The number of nitrogens with zero attached hydrogens (tertiary/aromatic N) is 6. The van der Waals surface area contributed by atoms with Crippen molar-refractivity contribution in [3.8, 4) is 0 Å². The van der Waals surface area contributed by atoms with Crippen LogP contribution in [0.15, 0.2) is 12.1 Å². The smallest absolute Gasteiger partial charge is 0.299 e. The summed E-state index contributed by atoms with van der Waals surface area (Å²) in [5, 5.41) is 11.7. The summed E-state index contributed by atoms with van der Waals surface area (Å²) < 4.78 is 27.3. The molecule has 130 valence electrons. The van der Waals surface area contributed by atoms with Crippen LogP contribution in [0.25, 0.3) is 5.65 Å². The van der Waals surface area contributed by atoms with Crippen molar-refractivity contribution < 1.29 is 8.78 Å². The van der Waals surface area contributed by atoms with Gasteiger partial charge in [-0.1, -0.05) is 0 Å². The zero-order chi connectivity index (χ0) is 16.8. The van der Waals surface area contributed by atoms with E-state index in [0.29, 0.717) is 23.8 Å². The molecule has 2 atom stereocenters. The number of hydrogen-bond acceptors (Lipinski definition) is 5. The predicted octanol–water partition coefficient (Wildman–Crippen LogP) is 2.51. The zero-order valence-corrected chi connectivity index (χ0v) is 13.9. The van der Waals surface area contributed by atoms with Gasteiger partial charge in [0.15, 0.2) is 5.65 Å². The van der Waals surface area contributed by atoms with E-state index in [9.17, 15) is 8.78 Å². The summed E-state index contributed by atoms with van der Waals surface area (Å²) >= 11 is 0. The molecule has 0 amide bonds. The number of aromatic nitrogens is 4. The normalized spacial score (nSPS) is 25.2. The van der Waals surface area contributed by atoms with Crippen LogP contribution < -0.4 is 4.90 Å². The Kier molecular flexibility index (Phi) is 3.86. The van der Waals surface area contributed by atoms with E-state index in [1.165, 1.54) is 17.4 Å². The standard InChI is InChI=1S/C16H22F2N6/c1-10(2)23-11-3-4-12(23)9-22(8-7-11)14-6-5-13-19-20-16(15(17)18)24(13)21-14/h5-6,10-12,15H,3-4,7-9H2,1-2H3/t11-,12+/m0/s1. The predicted molar refractivity (Wildman–Crippen MR) is 86.4 cm³/mol. The van der Waals surface area contributed by atoms with Crippen molar-refractivity contribution in [2.24, 2.45) is 0 Å². The molecule has 2 saturated heterocycles. The van der Waals surface area contributed by atoms with E-state index in [-0.39, 0.29) is 0 Å². The van der Waals surface area contributed by atoms with Crippen molar-refractivity contribution in [3.05, 3.63) is 18.0 Å². The molecule has 0 spiro atoms. The number of hydrogen-bond donors (Lipinski definition) is 0. The molecule has 2 aromatic rings. The lowest BCUT2D eigenvalue weighted by Crippen LogP contribution is -2.43. The Labute approximate surface area is 139 Å². The number of fused-ring (bicyclic) bond motifs is 3. The SMILES string of the molecule is CC(C)N1[C@H]2CC[C@@H]1CN(c1ccc3nnc(C(F)F)n3n1)CC2. The first kappa shape index (κ1) is 15.7. The van der Waals surface area contributed by atoms with E-state index in [0.717, 1.165) is 25.3 Å². The lowest BCUT2D eigenvalue weighted by molar-refractivity contribution is 0.137. The van der Waals surface area contributed by atoms with Crippen LogP contribution in [-0.4, -0.2) is 55.9 Å². The third-order valence-electron chi connectivity index (χ3n) is 5.23. The fourth-order valence-corrected chi connectivity index (χ4v) is 4.26. The molecule has 0 aliphatic carbocycles. The Morgan fingerprint density at radius 3 is 2.62 bits per heavy atom. The van der Waals surface area contributed by atoms with Crippen molar-refractivity contribution in [1.82, 2.24) is 24.7 Å². The second-order valence-electron chi connectivity index (χ2n) is 6.98. The number of halogens is 2. The summed E-state index contributed by atoms with van der Waals surface area (Å²) in [6.45, 7) is 6.28. The molecular weight excluding hydrogens is 314 g/mol. The minimum atomic E-state index is -2.68. The van der Waals surface area contributed by atoms with Gasteiger partial charge in [0.25, 0.3) is 6.43 Å². The first-order valence-corrected chi connectivity index (χ1v) is 8.57. The van der Waals surface area contributed by atoms with Gasteiger partial charge < -0.3 is 4.90 Å². The maximum atomic E-state index is 13.0. The summed E-state index contributed by atoms with van der Waals surface area (Å²) in [5.41, 5.74) is 0.356. The Balaban J connectivity index is 1.64. The van der Waals surface area contributed by atoms with E-state index in [1.807, 2.05) is 6.07 Å². The minimum Gasteiger partial charge on any atom is -0.354 e. The van der Waals surface area contributed by atoms with Crippen LogP contribution in [0.4, 0.5) is 14.6 Å². The Hall–Kier alpha value is -1.83. The average Bonchev–Trinajstić information content (AvgIpc) is 3.07. The molecule has 6 nitrogen and oxygen atoms in total. The average molecular weight is 336 g/mol. The van der Waals surface area contributed by atoms with Crippen LogP contribution in [0.2, 0.25) is 0 Å². The largest absolute Gasteiger partial charge is 0.354 e. The molecular formula is C16H22F2N6. The van der Waals surface area contributed by atoms with Crippen LogP contribution in [0, 0.1) is 0 Å². The van der Waals surface area contributed by atoms with Gasteiger partial charge in [0, 0.05) is 31.2 Å². The van der Waals surface area contributed by atoms with Crippen LogP contribution in [0.1, 0.15) is 45.4 Å². The lowest BCUT2D eigenvalue weighted by Gasteiger charge is -2.32. The van der Waals surface area contributed by atoms with Gasteiger partial charge in [-0.05, 0) is 45.2 Å². The van der Waals surface area contributed by atoms with Crippen LogP contribution in [0.5, 0.6) is 0 Å². The maximum absolute atomic E-state index is 13.0. The van der Waals surface area contributed by atoms with Gasteiger partial charge in [-0.15, -0.1) is 15.3 Å². The van der Waals surface area contributed by atoms with Crippen LogP contribution in [-0.2, 0) is 0 Å². The van der Waals surface area contributed by atoms with Gasteiger partial charge in [-0.25, -0.2) is 8.78 Å². The van der Waals surface area contributed by atoms with E-state index >= 15 is 0 Å². The third-order valence-corrected chi connectivity index (χ3v) is 5.23. The first-order valence-electron chi connectivity index (χ1n) is 8.57. The maximum Gasteiger partial charge on any atom is 0.299 e. The topological polar surface area (TPSA) is 49.6 Å². The fraction of sp³-hybridized carbons (Fsp3) is 0.688. The number of rotatable bonds is 3. The van der Waals surface area contributed by atoms with Gasteiger partial charge in [0.05, 0.1) is 0 Å². The van der Waals surface area contributed by atoms with E-state index in [4.69, 9.17) is 0 Å². The summed E-state index contributed by atoms with van der Waals surface area (Å²) in [6.07, 6.45) is 0.846. The second-order valence-corrected chi connectivity index (χ2v) is 6.98. The molecule has 2 bridgehead atoms. The molecule has 2 aromatic heterocycles. The first-order chi connectivity index (χ1) is 11.5. The molecule has 24 heavy (non-hydrogen) atoms. The van der Waals surface area contributed by atoms with Crippen LogP contribution >= 0.6 is 0 Å². The molecule has 0 saturated carbocycles. The third kappa shape index (κ3) is 2.53. The van der Waals surface area contributed by atoms with E-state index < -0.39 is 12.2 Å². The van der Waals surface area contributed by atoms with Crippen molar-refractivity contribution in [1.29, 1.82) is 0 Å². The van der Waals surface area contributed by atoms with Gasteiger partial charge >= 0.3 is 0 Å². The summed E-state index contributed by atoms with van der Waals surface area (Å²) in [7, 11) is 0. The molecule has 4 heterocycles. The van der Waals surface area contributed by atoms with E-state index in [1.54, 1.807) is 6.07 Å². The molecule has 2 fully saturated rings. The Bertz CT molecular complexity index is 730. The Morgan fingerprint density at radius 2 is 1.88 bits per heavy atom. The van der Waals surface area contributed by atoms with Gasteiger partial charge in [0.1, 0.15) is 5.82 Å². The lowest BCUT2D eigenvalue weighted by atomic mass is 10.1. The molecule has 2 aliphatic heterocycles.